The number of hydrogen-bond donors (Lipinski definition) is 2. The highest BCUT2D eigenvalue weighted by molar-refractivity contribution is 6.08. The Balaban J connectivity index is 1.58. The summed E-state index contributed by atoms with van der Waals surface area (Å²) in [5.74, 6) is 0.0203. The molecule has 2 aromatic carbocycles. The van der Waals surface area contributed by atoms with Crippen LogP contribution < -0.4 is 5.32 Å². The predicted molar refractivity (Wildman–Crippen MR) is 130 cm³/mol. The molecular weight excluding hydrogens is 396 g/mol. The Hall–Kier alpha value is -3.14. The Morgan fingerprint density at radius 1 is 0.969 bits per heavy atom. The van der Waals surface area contributed by atoms with E-state index in [1.54, 1.807) is 0 Å². The van der Waals surface area contributed by atoms with Crippen molar-refractivity contribution in [3.63, 3.8) is 0 Å². The zero-order valence-corrected chi connectivity index (χ0v) is 19.8. The molecule has 0 fully saturated rings. The smallest absolute Gasteiger partial charge is 0.272 e. The molecule has 4 heteroatoms. The maximum absolute atomic E-state index is 13.0. The van der Waals surface area contributed by atoms with Crippen molar-refractivity contribution in [3.05, 3.63) is 87.2 Å². The summed E-state index contributed by atoms with van der Waals surface area (Å²) in [5.41, 5.74) is 8.40. The standard InChI is InChI=1S/C28H32N2O2/c1-16-7-12-22(13-17(16)2)29-27(32)26-18(3)25-23(30-26)14-20(15-24(25)31)19-8-10-21(11-9-19)28(4,5)6/h7-13,20,30H,14-15H2,1-6H3,(H,29,32)/t20-/m0/s1. The summed E-state index contributed by atoms with van der Waals surface area (Å²) in [5, 5.41) is 2.97. The second-order valence-corrected chi connectivity index (χ2v) is 10.1. The lowest BCUT2D eigenvalue weighted by molar-refractivity contribution is 0.0963. The maximum atomic E-state index is 13.0. The van der Waals surface area contributed by atoms with Crippen molar-refractivity contribution < 1.29 is 9.59 Å². The predicted octanol–water partition coefficient (Wildman–Crippen LogP) is 6.40. The number of carbonyl (C=O) groups excluding carboxylic acids is 2. The molecule has 0 unspecified atom stereocenters. The first-order valence-electron chi connectivity index (χ1n) is 11.3. The van der Waals surface area contributed by atoms with E-state index in [0.29, 0.717) is 17.7 Å². The van der Waals surface area contributed by atoms with Crippen LogP contribution in [0.25, 0.3) is 0 Å². The summed E-state index contributed by atoms with van der Waals surface area (Å²) >= 11 is 0. The Kier molecular flexibility index (Phi) is 5.58. The van der Waals surface area contributed by atoms with Crippen LogP contribution in [0.5, 0.6) is 0 Å². The largest absolute Gasteiger partial charge is 0.354 e. The number of aryl methyl sites for hydroxylation is 2. The molecule has 0 aliphatic heterocycles. The topological polar surface area (TPSA) is 62.0 Å². The van der Waals surface area contributed by atoms with E-state index in [0.717, 1.165) is 28.9 Å². The van der Waals surface area contributed by atoms with Gasteiger partial charge in [-0.05, 0) is 78.5 Å². The van der Waals surface area contributed by atoms with Gasteiger partial charge in [-0.1, -0.05) is 51.1 Å². The second kappa shape index (κ2) is 8.09. The van der Waals surface area contributed by atoms with Crippen LogP contribution in [0.4, 0.5) is 5.69 Å². The molecule has 1 heterocycles. The molecule has 1 aliphatic rings. The molecule has 1 aliphatic carbocycles. The molecule has 0 saturated heterocycles. The number of Topliss-reactive ketones (excluding diaryl/α,β-unsaturated/α-hetero) is 1. The Bertz CT molecular complexity index is 1190. The van der Waals surface area contributed by atoms with Gasteiger partial charge >= 0.3 is 0 Å². The molecule has 2 N–H and O–H groups in total. The van der Waals surface area contributed by atoms with Gasteiger partial charge in [-0.3, -0.25) is 9.59 Å². The SMILES string of the molecule is Cc1ccc(NC(=O)c2[nH]c3c(c2C)C(=O)C[C@@H](c2ccc(C(C)(C)C)cc2)C3)cc1C. The summed E-state index contributed by atoms with van der Waals surface area (Å²) in [6.07, 6.45) is 1.20. The van der Waals surface area contributed by atoms with Crippen LogP contribution >= 0.6 is 0 Å². The van der Waals surface area contributed by atoms with E-state index in [1.165, 1.54) is 16.7 Å². The normalized spacial score (nSPS) is 16.1. The number of H-pyrrole nitrogens is 1. The number of carbonyl (C=O) groups is 2. The summed E-state index contributed by atoms with van der Waals surface area (Å²) in [6, 6.07) is 14.5. The number of amides is 1. The summed E-state index contributed by atoms with van der Waals surface area (Å²) in [6.45, 7) is 12.5. The highest BCUT2D eigenvalue weighted by Crippen LogP contribution is 2.36. The number of benzene rings is 2. The van der Waals surface area contributed by atoms with Crippen LogP contribution in [0.1, 0.15) is 87.5 Å². The van der Waals surface area contributed by atoms with Gasteiger partial charge in [0.2, 0.25) is 0 Å². The average molecular weight is 429 g/mol. The molecule has 0 saturated carbocycles. The van der Waals surface area contributed by atoms with Crippen molar-refractivity contribution in [2.45, 2.75) is 65.7 Å². The molecule has 3 aromatic rings. The molecule has 32 heavy (non-hydrogen) atoms. The lowest BCUT2D eigenvalue weighted by atomic mass is 9.80. The highest BCUT2D eigenvalue weighted by Gasteiger charge is 2.32. The monoisotopic (exact) mass is 428 g/mol. The van der Waals surface area contributed by atoms with Crippen molar-refractivity contribution in [2.75, 3.05) is 5.32 Å². The second-order valence-electron chi connectivity index (χ2n) is 10.1. The fourth-order valence-corrected chi connectivity index (χ4v) is 4.56. The van der Waals surface area contributed by atoms with E-state index < -0.39 is 0 Å². The fourth-order valence-electron chi connectivity index (χ4n) is 4.56. The lowest BCUT2D eigenvalue weighted by Gasteiger charge is -2.24. The number of ketones is 1. The van der Waals surface area contributed by atoms with Gasteiger partial charge in [-0.2, -0.15) is 0 Å². The Morgan fingerprint density at radius 2 is 1.66 bits per heavy atom. The van der Waals surface area contributed by atoms with E-state index in [9.17, 15) is 9.59 Å². The van der Waals surface area contributed by atoms with Crippen molar-refractivity contribution in [1.82, 2.24) is 4.98 Å². The van der Waals surface area contributed by atoms with E-state index >= 15 is 0 Å². The first kappa shape index (κ1) is 22.1. The number of aromatic nitrogens is 1. The maximum Gasteiger partial charge on any atom is 0.272 e. The van der Waals surface area contributed by atoms with Crippen molar-refractivity contribution in [2.24, 2.45) is 0 Å². The van der Waals surface area contributed by atoms with Crippen molar-refractivity contribution in [3.8, 4) is 0 Å². The average Bonchev–Trinajstić information content (AvgIpc) is 3.07. The quantitative estimate of drug-likeness (QED) is 0.507. The van der Waals surface area contributed by atoms with E-state index in [2.05, 4.69) is 55.3 Å². The lowest BCUT2D eigenvalue weighted by Crippen LogP contribution is -2.19. The van der Waals surface area contributed by atoms with Gasteiger partial charge in [0, 0.05) is 23.4 Å². The molecule has 0 spiro atoms. The molecule has 166 valence electrons. The van der Waals surface area contributed by atoms with Crippen LogP contribution in [0.15, 0.2) is 42.5 Å². The zero-order chi connectivity index (χ0) is 23.2. The van der Waals surface area contributed by atoms with Crippen molar-refractivity contribution in [1.29, 1.82) is 0 Å². The third-order valence-corrected chi connectivity index (χ3v) is 6.73. The number of fused-ring (bicyclic) bond motifs is 1. The molecule has 1 atom stereocenters. The van der Waals surface area contributed by atoms with Crippen LogP contribution in [0, 0.1) is 20.8 Å². The first-order chi connectivity index (χ1) is 15.0. The molecule has 4 nitrogen and oxygen atoms in total. The van der Waals surface area contributed by atoms with Crippen molar-refractivity contribution >= 4 is 17.4 Å². The molecular formula is C28H32N2O2. The van der Waals surface area contributed by atoms with Crippen LogP contribution in [-0.4, -0.2) is 16.7 Å². The summed E-state index contributed by atoms with van der Waals surface area (Å²) < 4.78 is 0. The third-order valence-electron chi connectivity index (χ3n) is 6.73. The van der Waals surface area contributed by atoms with E-state index in [1.807, 2.05) is 39.0 Å². The fraction of sp³-hybridized carbons (Fsp3) is 0.357. The van der Waals surface area contributed by atoms with Gasteiger partial charge < -0.3 is 10.3 Å². The number of rotatable bonds is 3. The number of nitrogens with one attached hydrogen (secondary N) is 2. The minimum absolute atomic E-state index is 0.100. The zero-order valence-electron chi connectivity index (χ0n) is 19.8. The van der Waals surface area contributed by atoms with Crippen LogP contribution in [0.2, 0.25) is 0 Å². The third kappa shape index (κ3) is 4.14. The summed E-state index contributed by atoms with van der Waals surface area (Å²) in [7, 11) is 0. The van der Waals surface area contributed by atoms with Gasteiger partial charge in [-0.25, -0.2) is 0 Å². The molecule has 0 radical (unpaired) electrons. The minimum atomic E-state index is -0.209. The number of anilines is 1. The molecule has 0 bridgehead atoms. The van der Waals surface area contributed by atoms with Crippen LogP contribution in [-0.2, 0) is 11.8 Å². The molecule has 1 amide bonds. The van der Waals surface area contributed by atoms with E-state index in [4.69, 9.17) is 0 Å². The number of aromatic amines is 1. The van der Waals surface area contributed by atoms with Gasteiger partial charge in [0.1, 0.15) is 5.69 Å². The Labute approximate surface area is 190 Å². The van der Waals surface area contributed by atoms with Gasteiger partial charge in [0.05, 0.1) is 0 Å². The van der Waals surface area contributed by atoms with Gasteiger partial charge in [-0.15, -0.1) is 0 Å². The van der Waals surface area contributed by atoms with Gasteiger partial charge in [0.15, 0.2) is 5.78 Å². The Morgan fingerprint density at radius 3 is 2.28 bits per heavy atom. The minimum Gasteiger partial charge on any atom is -0.354 e. The molecule has 4 rings (SSSR count). The van der Waals surface area contributed by atoms with Gasteiger partial charge in [0.25, 0.3) is 5.91 Å². The van der Waals surface area contributed by atoms with Crippen LogP contribution in [0.3, 0.4) is 0 Å². The molecule has 1 aromatic heterocycles. The number of hydrogen-bond acceptors (Lipinski definition) is 2. The highest BCUT2D eigenvalue weighted by atomic mass is 16.2. The first-order valence-corrected chi connectivity index (χ1v) is 11.3. The van der Waals surface area contributed by atoms with E-state index in [-0.39, 0.29) is 23.0 Å². The summed E-state index contributed by atoms with van der Waals surface area (Å²) in [4.78, 5) is 29.3.